The number of hydrogen-bond donors (Lipinski definition) is 1. The largest absolute Gasteiger partial charge is 0.466 e. The Labute approximate surface area is 164 Å². The predicted octanol–water partition coefficient (Wildman–Crippen LogP) is 4.61. The topological polar surface area (TPSA) is 63.6 Å². The molecular weight excluding hydrogens is 340 g/mol. The molecule has 4 heteroatoms. The summed E-state index contributed by atoms with van der Waals surface area (Å²) in [5, 5.41) is 10.3. The summed E-state index contributed by atoms with van der Waals surface area (Å²) in [7, 11) is 0. The molecule has 1 saturated carbocycles. The molecule has 0 aromatic carbocycles. The minimum absolute atomic E-state index is 0.0410. The summed E-state index contributed by atoms with van der Waals surface area (Å²) in [4.78, 5) is 22.8. The van der Waals surface area contributed by atoms with Crippen molar-refractivity contribution < 1.29 is 19.4 Å². The average Bonchev–Trinajstić information content (AvgIpc) is 2.94. The highest BCUT2D eigenvalue weighted by atomic mass is 16.5. The lowest BCUT2D eigenvalue weighted by atomic mass is 9.71. The molecule has 1 fully saturated rings. The van der Waals surface area contributed by atoms with Gasteiger partial charge >= 0.3 is 5.97 Å². The Balaban J connectivity index is 1.63. The molecule has 1 unspecified atom stereocenters. The van der Waals surface area contributed by atoms with Crippen LogP contribution in [-0.4, -0.2) is 29.6 Å². The minimum Gasteiger partial charge on any atom is -0.466 e. The first-order valence-corrected chi connectivity index (χ1v) is 10.7. The maximum Gasteiger partial charge on any atom is 0.302 e. The Morgan fingerprint density at radius 1 is 1.26 bits per heavy atom. The average molecular weight is 377 g/mol. The van der Waals surface area contributed by atoms with Crippen LogP contribution in [0.4, 0.5) is 0 Å². The zero-order chi connectivity index (χ0) is 19.6. The molecule has 0 aliphatic heterocycles. The number of allylic oxidation sites excluding steroid dienone is 3. The van der Waals surface area contributed by atoms with Gasteiger partial charge in [0.05, 0.1) is 12.7 Å². The normalized spacial score (nSPS) is 28.5. The molecule has 0 amide bonds. The molecule has 0 radical (unpaired) electrons. The number of ketones is 1. The number of esters is 1. The number of carbonyl (C=O) groups excluding carboxylic acids is 2. The summed E-state index contributed by atoms with van der Waals surface area (Å²) in [5.74, 6) is 1.38. The summed E-state index contributed by atoms with van der Waals surface area (Å²) in [6.07, 6.45) is 16.9. The van der Waals surface area contributed by atoms with Crippen LogP contribution in [0.2, 0.25) is 0 Å². The zero-order valence-corrected chi connectivity index (χ0v) is 16.9. The smallest absolute Gasteiger partial charge is 0.302 e. The van der Waals surface area contributed by atoms with E-state index in [2.05, 4.69) is 13.0 Å². The van der Waals surface area contributed by atoms with E-state index in [-0.39, 0.29) is 29.7 Å². The van der Waals surface area contributed by atoms with Gasteiger partial charge in [0.25, 0.3) is 0 Å². The van der Waals surface area contributed by atoms with Gasteiger partial charge in [0.2, 0.25) is 0 Å². The monoisotopic (exact) mass is 376 g/mol. The summed E-state index contributed by atoms with van der Waals surface area (Å²) < 4.78 is 4.93. The van der Waals surface area contributed by atoms with E-state index in [4.69, 9.17) is 4.74 Å². The van der Waals surface area contributed by atoms with Gasteiger partial charge in [-0.25, -0.2) is 0 Å². The first-order chi connectivity index (χ1) is 13.0. The third-order valence-corrected chi connectivity index (χ3v) is 6.14. The van der Waals surface area contributed by atoms with E-state index in [0.717, 1.165) is 57.3 Å². The molecule has 0 spiro atoms. The van der Waals surface area contributed by atoms with Crippen LogP contribution in [0.25, 0.3) is 0 Å². The molecule has 2 aliphatic rings. The van der Waals surface area contributed by atoms with Crippen molar-refractivity contribution in [3.05, 3.63) is 24.3 Å². The lowest BCUT2D eigenvalue weighted by molar-refractivity contribution is -0.141. The van der Waals surface area contributed by atoms with E-state index in [0.29, 0.717) is 12.5 Å². The molecule has 0 aromatic heterocycles. The zero-order valence-electron chi connectivity index (χ0n) is 16.9. The lowest BCUT2D eigenvalue weighted by Gasteiger charge is -2.37. The molecule has 0 bridgehead atoms. The van der Waals surface area contributed by atoms with Crippen LogP contribution in [0.1, 0.15) is 71.6 Å². The van der Waals surface area contributed by atoms with Gasteiger partial charge in [0, 0.05) is 18.8 Å². The number of ether oxygens (including phenoxy) is 1. The molecule has 0 heterocycles. The van der Waals surface area contributed by atoms with Crippen molar-refractivity contribution in [1.82, 2.24) is 0 Å². The first-order valence-electron chi connectivity index (χ1n) is 10.7. The Bertz CT molecular complexity index is 530. The van der Waals surface area contributed by atoms with Crippen LogP contribution in [-0.2, 0) is 14.3 Å². The van der Waals surface area contributed by atoms with E-state index < -0.39 is 0 Å². The molecule has 4 nitrogen and oxygen atoms in total. The van der Waals surface area contributed by atoms with Gasteiger partial charge < -0.3 is 9.84 Å². The highest BCUT2D eigenvalue weighted by molar-refractivity contribution is 5.94. The molecule has 152 valence electrons. The van der Waals surface area contributed by atoms with Crippen LogP contribution in [0, 0.1) is 23.7 Å². The number of aliphatic hydroxyl groups is 1. The summed E-state index contributed by atoms with van der Waals surface area (Å²) >= 11 is 0. The van der Waals surface area contributed by atoms with Crippen LogP contribution in [0.15, 0.2) is 24.3 Å². The second-order valence-electron chi connectivity index (χ2n) is 8.22. The number of aliphatic hydroxyl groups excluding tert-OH is 1. The molecule has 1 N–H and O–H groups in total. The van der Waals surface area contributed by atoms with Gasteiger partial charge in [-0.3, -0.25) is 9.59 Å². The van der Waals surface area contributed by atoms with E-state index >= 15 is 0 Å². The maximum atomic E-state index is 12.1. The van der Waals surface area contributed by atoms with E-state index in [1.54, 1.807) is 6.08 Å². The molecule has 2 rings (SSSR count). The van der Waals surface area contributed by atoms with Crippen molar-refractivity contribution in [2.24, 2.45) is 23.7 Å². The molecular formula is C23H36O4. The second kappa shape index (κ2) is 11.4. The summed E-state index contributed by atoms with van der Waals surface area (Å²) in [6, 6.07) is 0. The first kappa shape index (κ1) is 21.9. The fraction of sp³-hybridized carbons (Fsp3) is 0.739. The SMILES string of the molecule is CCC1CC(C(O)/C=C/[C@H]2C=CC(=O)[C@@H]2CCCCCCCOC(C)=O)C1. The van der Waals surface area contributed by atoms with E-state index in [1.165, 1.54) is 13.3 Å². The van der Waals surface area contributed by atoms with Crippen molar-refractivity contribution in [3.63, 3.8) is 0 Å². The Hall–Kier alpha value is -1.42. The van der Waals surface area contributed by atoms with E-state index in [1.807, 2.05) is 12.2 Å². The fourth-order valence-electron chi connectivity index (χ4n) is 4.20. The number of rotatable bonds is 12. The third-order valence-electron chi connectivity index (χ3n) is 6.14. The third kappa shape index (κ3) is 7.25. The fourth-order valence-corrected chi connectivity index (χ4v) is 4.20. The van der Waals surface area contributed by atoms with Crippen LogP contribution in [0.5, 0.6) is 0 Å². The Morgan fingerprint density at radius 2 is 1.96 bits per heavy atom. The number of unbranched alkanes of at least 4 members (excludes halogenated alkanes) is 4. The molecule has 0 aromatic rings. The summed E-state index contributed by atoms with van der Waals surface area (Å²) in [5.41, 5.74) is 0. The van der Waals surface area contributed by atoms with Crippen molar-refractivity contribution in [1.29, 1.82) is 0 Å². The quantitative estimate of drug-likeness (QED) is 0.307. The van der Waals surface area contributed by atoms with Crippen molar-refractivity contribution in [2.45, 2.75) is 77.7 Å². The van der Waals surface area contributed by atoms with Gasteiger partial charge in [-0.2, -0.15) is 0 Å². The Morgan fingerprint density at radius 3 is 2.67 bits per heavy atom. The number of carbonyl (C=O) groups is 2. The van der Waals surface area contributed by atoms with Crippen LogP contribution >= 0.6 is 0 Å². The highest BCUT2D eigenvalue weighted by Gasteiger charge is 2.32. The standard InChI is InChI=1S/C23H36O4/c1-3-18-15-20(16-18)22(25)12-10-19-11-13-23(26)21(19)9-7-5-4-6-8-14-27-17(2)24/h10-13,18-22,25H,3-9,14-16H2,1-2H3/b12-10+/t18?,19-,20?,21+,22?/m0/s1. The van der Waals surface area contributed by atoms with Gasteiger partial charge in [-0.1, -0.05) is 57.3 Å². The van der Waals surface area contributed by atoms with Gasteiger partial charge in [0.1, 0.15) is 0 Å². The maximum absolute atomic E-state index is 12.1. The highest BCUT2D eigenvalue weighted by Crippen LogP contribution is 2.38. The van der Waals surface area contributed by atoms with Gasteiger partial charge in [0.15, 0.2) is 5.78 Å². The Kier molecular flexibility index (Phi) is 9.26. The van der Waals surface area contributed by atoms with Gasteiger partial charge in [-0.15, -0.1) is 0 Å². The van der Waals surface area contributed by atoms with Crippen molar-refractivity contribution in [3.8, 4) is 0 Å². The van der Waals surface area contributed by atoms with Crippen LogP contribution < -0.4 is 0 Å². The second-order valence-corrected chi connectivity index (χ2v) is 8.22. The van der Waals surface area contributed by atoms with Crippen molar-refractivity contribution >= 4 is 11.8 Å². The number of hydrogen-bond acceptors (Lipinski definition) is 4. The summed E-state index contributed by atoms with van der Waals surface area (Å²) in [6.45, 7) is 4.16. The van der Waals surface area contributed by atoms with Crippen molar-refractivity contribution in [2.75, 3.05) is 6.61 Å². The molecule has 27 heavy (non-hydrogen) atoms. The molecule has 3 atom stereocenters. The molecule has 2 aliphatic carbocycles. The van der Waals surface area contributed by atoms with Gasteiger partial charge in [-0.05, 0) is 43.6 Å². The van der Waals surface area contributed by atoms with E-state index in [9.17, 15) is 14.7 Å². The predicted molar refractivity (Wildman–Crippen MR) is 107 cm³/mol. The van der Waals surface area contributed by atoms with Crippen LogP contribution in [0.3, 0.4) is 0 Å². The molecule has 0 saturated heterocycles. The lowest BCUT2D eigenvalue weighted by Crippen LogP contribution is -2.32. The minimum atomic E-state index is -0.366.